The summed E-state index contributed by atoms with van der Waals surface area (Å²) in [7, 11) is 0. The van der Waals surface area contributed by atoms with Crippen LogP contribution in [-0.2, 0) is 4.74 Å². The van der Waals surface area contributed by atoms with Crippen LogP contribution < -0.4 is 5.32 Å². The van der Waals surface area contributed by atoms with Crippen molar-refractivity contribution in [1.29, 1.82) is 0 Å². The predicted octanol–water partition coefficient (Wildman–Crippen LogP) is 1.54. The lowest BCUT2D eigenvalue weighted by Gasteiger charge is -2.32. The standard InChI is InChI=1S/C9H16BrNO/c10-6-8-5-9(7-12-8)1-3-11-4-2-9/h8,11H,1-7H2. The molecule has 2 heterocycles. The van der Waals surface area contributed by atoms with E-state index < -0.39 is 0 Å². The number of halogens is 1. The lowest BCUT2D eigenvalue weighted by molar-refractivity contribution is 0.0977. The average molecular weight is 234 g/mol. The van der Waals surface area contributed by atoms with E-state index in [9.17, 15) is 0 Å². The van der Waals surface area contributed by atoms with Crippen molar-refractivity contribution in [3.8, 4) is 0 Å². The molecule has 0 amide bonds. The number of hydrogen-bond donors (Lipinski definition) is 1. The van der Waals surface area contributed by atoms with Crippen LogP contribution in [0.3, 0.4) is 0 Å². The summed E-state index contributed by atoms with van der Waals surface area (Å²) < 4.78 is 5.72. The van der Waals surface area contributed by atoms with Gasteiger partial charge in [-0.1, -0.05) is 15.9 Å². The van der Waals surface area contributed by atoms with Crippen molar-refractivity contribution in [1.82, 2.24) is 5.32 Å². The number of rotatable bonds is 1. The van der Waals surface area contributed by atoms with Gasteiger partial charge < -0.3 is 10.1 Å². The Bertz CT molecular complexity index is 157. The zero-order valence-corrected chi connectivity index (χ0v) is 8.90. The van der Waals surface area contributed by atoms with Crippen molar-refractivity contribution in [2.75, 3.05) is 25.0 Å². The lowest BCUT2D eigenvalue weighted by Crippen LogP contribution is -2.37. The van der Waals surface area contributed by atoms with Crippen molar-refractivity contribution < 1.29 is 4.74 Å². The summed E-state index contributed by atoms with van der Waals surface area (Å²) in [5.41, 5.74) is 0.531. The first-order valence-corrected chi connectivity index (χ1v) is 5.85. The van der Waals surface area contributed by atoms with Crippen molar-refractivity contribution in [2.24, 2.45) is 5.41 Å². The topological polar surface area (TPSA) is 21.3 Å². The van der Waals surface area contributed by atoms with E-state index in [2.05, 4.69) is 21.2 Å². The molecule has 0 aromatic heterocycles. The van der Waals surface area contributed by atoms with Gasteiger partial charge in [0, 0.05) is 5.33 Å². The maximum atomic E-state index is 5.72. The fraction of sp³-hybridized carbons (Fsp3) is 1.00. The number of ether oxygens (including phenoxy) is 1. The molecule has 3 heteroatoms. The third kappa shape index (κ3) is 1.68. The largest absolute Gasteiger partial charge is 0.377 e. The molecule has 2 nitrogen and oxygen atoms in total. The highest BCUT2D eigenvalue weighted by Crippen LogP contribution is 2.40. The number of hydrogen-bond acceptors (Lipinski definition) is 2. The molecule has 0 saturated carbocycles. The zero-order chi connectivity index (χ0) is 8.44. The van der Waals surface area contributed by atoms with Gasteiger partial charge >= 0.3 is 0 Å². The second-order valence-corrected chi connectivity index (χ2v) is 4.69. The average Bonchev–Trinajstić information content (AvgIpc) is 2.50. The van der Waals surface area contributed by atoms with Crippen molar-refractivity contribution in [2.45, 2.75) is 25.4 Å². The highest BCUT2D eigenvalue weighted by molar-refractivity contribution is 9.09. The first-order valence-electron chi connectivity index (χ1n) is 4.73. The molecule has 0 radical (unpaired) electrons. The molecule has 1 N–H and O–H groups in total. The van der Waals surface area contributed by atoms with E-state index in [1.165, 1.54) is 32.4 Å². The molecule has 2 fully saturated rings. The van der Waals surface area contributed by atoms with Crippen LogP contribution in [0.15, 0.2) is 0 Å². The molecule has 0 aromatic carbocycles. The van der Waals surface area contributed by atoms with Gasteiger partial charge in [0.25, 0.3) is 0 Å². The van der Waals surface area contributed by atoms with Crippen LogP contribution in [-0.4, -0.2) is 31.1 Å². The maximum absolute atomic E-state index is 5.72. The summed E-state index contributed by atoms with van der Waals surface area (Å²) in [5.74, 6) is 0. The molecule has 0 aromatic rings. The molecule has 1 atom stereocenters. The van der Waals surface area contributed by atoms with Crippen LogP contribution in [0.1, 0.15) is 19.3 Å². The minimum Gasteiger partial charge on any atom is -0.377 e. The third-order valence-electron chi connectivity index (χ3n) is 3.12. The lowest BCUT2D eigenvalue weighted by atomic mass is 9.77. The molecule has 0 bridgehead atoms. The molecule has 2 rings (SSSR count). The summed E-state index contributed by atoms with van der Waals surface area (Å²) in [6.45, 7) is 3.35. The Labute approximate surface area is 82.2 Å². The molecule has 70 valence electrons. The fourth-order valence-electron chi connectivity index (χ4n) is 2.30. The highest BCUT2D eigenvalue weighted by atomic mass is 79.9. The van der Waals surface area contributed by atoms with E-state index in [1.54, 1.807) is 0 Å². The first kappa shape index (κ1) is 8.97. The van der Waals surface area contributed by atoms with Crippen molar-refractivity contribution >= 4 is 15.9 Å². The minimum absolute atomic E-state index is 0.475. The summed E-state index contributed by atoms with van der Waals surface area (Å²) in [4.78, 5) is 0. The van der Waals surface area contributed by atoms with E-state index >= 15 is 0 Å². The van der Waals surface area contributed by atoms with Gasteiger partial charge in [0.15, 0.2) is 0 Å². The van der Waals surface area contributed by atoms with Crippen molar-refractivity contribution in [3.05, 3.63) is 0 Å². The second kappa shape index (κ2) is 3.64. The van der Waals surface area contributed by atoms with Crippen LogP contribution in [0.4, 0.5) is 0 Å². The van der Waals surface area contributed by atoms with Crippen LogP contribution in [0.5, 0.6) is 0 Å². The van der Waals surface area contributed by atoms with Crippen LogP contribution in [0, 0.1) is 5.41 Å². The monoisotopic (exact) mass is 233 g/mol. The molecule has 12 heavy (non-hydrogen) atoms. The Hall–Kier alpha value is 0.400. The van der Waals surface area contributed by atoms with Gasteiger partial charge in [0.1, 0.15) is 0 Å². The maximum Gasteiger partial charge on any atom is 0.0678 e. The molecule has 2 aliphatic rings. The quantitative estimate of drug-likeness (QED) is 0.695. The summed E-state index contributed by atoms with van der Waals surface area (Å²) in [6, 6.07) is 0. The summed E-state index contributed by atoms with van der Waals surface area (Å²) >= 11 is 3.49. The Morgan fingerprint density at radius 2 is 2.17 bits per heavy atom. The van der Waals surface area contributed by atoms with Gasteiger partial charge in [-0.25, -0.2) is 0 Å². The molecular weight excluding hydrogens is 218 g/mol. The first-order chi connectivity index (χ1) is 5.85. The van der Waals surface area contributed by atoms with E-state index in [4.69, 9.17) is 4.74 Å². The van der Waals surface area contributed by atoms with E-state index in [1.807, 2.05) is 0 Å². The Morgan fingerprint density at radius 1 is 1.42 bits per heavy atom. The SMILES string of the molecule is BrCC1CC2(CCNCC2)CO1. The second-order valence-electron chi connectivity index (χ2n) is 4.04. The van der Waals surface area contributed by atoms with Gasteiger partial charge in [-0.15, -0.1) is 0 Å². The normalized spacial score (nSPS) is 34.2. The smallest absolute Gasteiger partial charge is 0.0678 e. The summed E-state index contributed by atoms with van der Waals surface area (Å²) in [6.07, 6.45) is 4.34. The van der Waals surface area contributed by atoms with Gasteiger partial charge in [0.2, 0.25) is 0 Å². The zero-order valence-electron chi connectivity index (χ0n) is 7.31. The summed E-state index contributed by atoms with van der Waals surface area (Å²) in [5, 5.41) is 4.40. The van der Waals surface area contributed by atoms with Gasteiger partial charge in [-0.3, -0.25) is 0 Å². The van der Waals surface area contributed by atoms with Crippen LogP contribution in [0.25, 0.3) is 0 Å². The predicted molar refractivity (Wildman–Crippen MR) is 52.7 cm³/mol. The highest BCUT2D eigenvalue weighted by Gasteiger charge is 2.40. The molecule has 0 aliphatic carbocycles. The van der Waals surface area contributed by atoms with Crippen molar-refractivity contribution in [3.63, 3.8) is 0 Å². The Morgan fingerprint density at radius 3 is 2.75 bits per heavy atom. The van der Waals surface area contributed by atoms with Crippen LogP contribution in [0.2, 0.25) is 0 Å². The number of alkyl halides is 1. The minimum atomic E-state index is 0.475. The molecule has 1 unspecified atom stereocenters. The Kier molecular flexibility index (Phi) is 2.72. The van der Waals surface area contributed by atoms with Gasteiger partial charge in [-0.05, 0) is 37.8 Å². The van der Waals surface area contributed by atoms with E-state index in [-0.39, 0.29) is 0 Å². The Balaban J connectivity index is 1.94. The van der Waals surface area contributed by atoms with Gasteiger partial charge in [0.05, 0.1) is 12.7 Å². The molecule has 2 aliphatic heterocycles. The number of piperidine rings is 1. The molecule has 2 saturated heterocycles. The van der Waals surface area contributed by atoms with Crippen LogP contribution >= 0.6 is 15.9 Å². The number of nitrogens with one attached hydrogen (secondary N) is 1. The molecular formula is C9H16BrNO. The van der Waals surface area contributed by atoms with E-state index in [0.29, 0.717) is 11.5 Å². The fourth-order valence-corrected chi connectivity index (χ4v) is 2.72. The van der Waals surface area contributed by atoms with E-state index in [0.717, 1.165) is 11.9 Å². The third-order valence-corrected chi connectivity index (χ3v) is 3.84. The molecule has 1 spiro atoms. The van der Waals surface area contributed by atoms with Gasteiger partial charge in [-0.2, -0.15) is 0 Å².